The topological polar surface area (TPSA) is 104 Å². The van der Waals surface area contributed by atoms with Crippen molar-refractivity contribution in [1.29, 1.82) is 0 Å². The van der Waals surface area contributed by atoms with E-state index in [1.807, 2.05) is 0 Å². The van der Waals surface area contributed by atoms with Gasteiger partial charge in [-0.25, -0.2) is 4.79 Å². The van der Waals surface area contributed by atoms with E-state index in [1.165, 1.54) is 128 Å². The van der Waals surface area contributed by atoms with E-state index in [-0.39, 0.29) is 18.7 Å². The van der Waals surface area contributed by atoms with Crippen LogP contribution in [0.1, 0.15) is 174 Å². The minimum Gasteiger partial charge on any atom is -0.481 e. The molecule has 37 heavy (non-hydrogen) atoms. The Kier molecular flexibility index (Phi) is 26.3. The van der Waals surface area contributed by atoms with Crippen LogP contribution in [0.4, 0.5) is 0 Å². The lowest BCUT2D eigenvalue weighted by molar-refractivity contribution is -0.143. The highest BCUT2D eigenvalue weighted by Crippen LogP contribution is 2.15. The van der Waals surface area contributed by atoms with Crippen molar-refractivity contribution < 1.29 is 24.6 Å². The van der Waals surface area contributed by atoms with E-state index in [9.17, 15) is 14.4 Å². The molecule has 0 aromatic carbocycles. The number of carbonyl (C=O) groups excluding carboxylic acids is 1. The van der Waals surface area contributed by atoms with E-state index in [0.29, 0.717) is 6.42 Å². The van der Waals surface area contributed by atoms with Crippen LogP contribution in [0.5, 0.6) is 0 Å². The van der Waals surface area contributed by atoms with Gasteiger partial charge < -0.3 is 15.5 Å². The highest BCUT2D eigenvalue weighted by Gasteiger charge is 2.20. The average Bonchev–Trinajstić information content (AvgIpc) is 2.86. The molecule has 218 valence electrons. The molecule has 0 aliphatic rings. The number of aliphatic carboxylic acids is 2. The van der Waals surface area contributed by atoms with Crippen LogP contribution in [0.3, 0.4) is 0 Å². The lowest BCUT2D eigenvalue weighted by Crippen LogP contribution is -2.41. The van der Waals surface area contributed by atoms with Gasteiger partial charge in [0.2, 0.25) is 5.91 Å². The first-order valence-corrected chi connectivity index (χ1v) is 15.7. The summed E-state index contributed by atoms with van der Waals surface area (Å²) in [5.74, 6) is -2.55. The standard InChI is InChI=1S/C31H59NO5/c1-2-3-4-5-6-7-8-9-10-11-12-13-14-15-16-17-18-19-20-21-22-23-24-25-29(33)32-28(31(36)37)26-27-30(34)35/h28H,2-27H2,1H3,(H,32,33)(H,34,35)(H,36,37)/t28-/m0/s1. The van der Waals surface area contributed by atoms with Gasteiger partial charge in [0.1, 0.15) is 6.04 Å². The van der Waals surface area contributed by atoms with Crippen LogP contribution in [0.2, 0.25) is 0 Å². The maximum Gasteiger partial charge on any atom is 0.326 e. The molecule has 0 aliphatic carbocycles. The lowest BCUT2D eigenvalue weighted by atomic mass is 10.0. The molecule has 0 fully saturated rings. The van der Waals surface area contributed by atoms with E-state index in [4.69, 9.17) is 10.2 Å². The molecule has 6 heteroatoms. The summed E-state index contributed by atoms with van der Waals surface area (Å²) in [6, 6.07) is -1.12. The van der Waals surface area contributed by atoms with Crippen molar-refractivity contribution in [2.45, 2.75) is 180 Å². The van der Waals surface area contributed by atoms with E-state index >= 15 is 0 Å². The number of hydrogen-bond donors (Lipinski definition) is 3. The molecule has 0 rings (SSSR count). The summed E-state index contributed by atoms with van der Waals surface area (Å²) in [6.07, 6.45) is 30.4. The van der Waals surface area contributed by atoms with Gasteiger partial charge in [0.05, 0.1) is 0 Å². The fraction of sp³-hybridized carbons (Fsp3) is 0.903. The Balaban J connectivity index is 3.30. The second-order valence-electron chi connectivity index (χ2n) is 10.9. The number of carboxylic acids is 2. The zero-order valence-electron chi connectivity index (χ0n) is 24.1. The Morgan fingerprint density at radius 2 is 0.838 bits per heavy atom. The van der Waals surface area contributed by atoms with Gasteiger partial charge in [0, 0.05) is 12.8 Å². The molecule has 0 saturated heterocycles. The molecule has 1 amide bonds. The van der Waals surface area contributed by atoms with E-state index in [1.54, 1.807) is 0 Å². The number of carbonyl (C=O) groups is 3. The molecule has 0 unspecified atom stereocenters. The maximum atomic E-state index is 11.9. The van der Waals surface area contributed by atoms with Gasteiger partial charge in [0.15, 0.2) is 0 Å². The quantitative estimate of drug-likeness (QED) is 0.0846. The minimum atomic E-state index is -1.18. The number of rotatable bonds is 29. The van der Waals surface area contributed by atoms with Crippen molar-refractivity contribution >= 4 is 17.8 Å². The smallest absolute Gasteiger partial charge is 0.326 e. The molecule has 1 atom stereocenters. The van der Waals surface area contributed by atoms with Crippen LogP contribution in [-0.4, -0.2) is 34.1 Å². The van der Waals surface area contributed by atoms with Crippen LogP contribution < -0.4 is 5.32 Å². The van der Waals surface area contributed by atoms with Crippen LogP contribution >= 0.6 is 0 Å². The molecule has 3 N–H and O–H groups in total. The molecule has 6 nitrogen and oxygen atoms in total. The maximum absolute atomic E-state index is 11.9. The summed E-state index contributed by atoms with van der Waals surface area (Å²) in [6.45, 7) is 2.28. The van der Waals surface area contributed by atoms with Crippen molar-refractivity contribution in [1.82, 2.24) is 5.32 Å². The van der Waals surface area contributed by atoms with Gasteiger partial charge in [-0.05, 0) is 12.8 Å². The van der Waals surface area contributed by atoms with Crippen molar-refractivity contribution in [3.05, 3.63) is 0 Å². The molecule has 0 radical (unpaired) electrons. The summed E-state index contributed by atoms with van der Waals surface area (Å²) >= 11 is 0. The Labute approximate surface area is 227 Å². The van der Waals surface area contributed by atoms with Gasteiger partial charge in [0.25, 0.3) is 0 Å². The van der Waals surface area contributed by atoms with Gasteiger partial charge >= 0.3 is 11.9 Å². The zero-order chi connectivity index (χ0) is 27.4. The summed E-state index contributed by atoms with van der Waals surface area (Å²) in [7, 11) is 0. The Hall–Kier alpha value is -1.59. The first-order chi connectivity index (χ1) is 18.0. The van der Waals surface area contributed by atoms with Gasteiger partial charge in [-0.1, -0.05) is 148 Å². The monoisotopic (exact) mass is 525 g/mol. The Bertz CT molecular complexity index is 552. The van der Waals surface area contributed by atoms with Crippen molar-refractivity contribution in [2.24, 2.45) is 0 Å². The molecule has 0 aliphatic heterocycles. The van der Waals surface area contributed by atoms with Crippen molar-refractivity contribution in [2.75, 3.05) is 0 Å². The molecule has 0 aromatic heterocycles. The predicted molar refractivity (Wildman–Crippen MR) is 153 cm³/mol. The summed E-state index contributed by atoms with van der Waals surface area (Å²) in [5, 5.41) is 20.2. The predicted octanol–water partition coefficient (Wildman–Crippen LogP) is 8.80. The van der Waals surface area contributed by atoms with Crippen LogP contribution in [0, 0.1) is 0 Å². The molecule has 0 saturated carbocycles. The highest BCUT2D eigenvalue weighted by atomic mass is 16.4. The number of nitrogens with one attached hydrogen (secondary N) is 1. The Morgan fingerprint density at radius 1 is 0.514 bits per heavy atom. The zero-order valence-corrected chi connectivity index (χ0v) is 24.1. The SMILES string of the molecule is CCCCCCCCCCCCCCCCCCCCCCCCCC(=O)N[C@@H](CCC(=O)O)C(=O)O. The van der Waals surface area contributed by atoms with Gasteiger partial charge in [-0.15, -0.1) is 0 Å². The number of amides is 1. The summed E-state index contributed by atoms with van der Waals surface area (Å²) in [4.78, 5) is 33.6. The molecule has 0 heterocycles. The van der Waals surface area contributed by atoms with Gasteiger partial charge in [-0.2, -0.15) is 0 Å². The fourth-order valence-corrected chi connectivity index (χ4v) is 4.86. The number of unbranched alkanes of at least 4 members (excludes halogenated alkanes) is 22. The van der Waals surface area contributed by atoms with E-state index < -0.39 is 18.0 Å². The second kappa shape index (κ2) is 27.4. The van der Waals surface area contributed by atoms with Crippen LogP contribution in [0.15, 0.2) is 0 Å². The largest absolute Gasteiger partial charge is 0.481 e. The highest BCUT2D eigenvalue weighted by molar-refractivity contribution is 5.83. The number of hydrogen-bond acceptors (Lipinski definition) is 3. The third-order valence-corrected chi connectivity index (χ3v) is 7.29. The lowest BCUT2D eigenvalue weighted by Gasteiger charge is -2.13. The normalized spacial score (nSPS) is 11.9. The van der Waals surface area contributed by atoms with E-state index in [2.05, 4.69) is 12.2 Å². The van der Waals surface area contributed by atoms with Crippen molar-refractivity contribution in [3.8, 4) is 0 Å². The third-order valence-electron chi connectivity index (χ3n) is 7.29. The molecule has 0 spiro atoms. The van der Waals surface area contributed by atoms with Gasteiger partial charge in [-0.3, -0.25) is 9.59 Å². The summed E-state index contributed by atoms with van der Waals surface area (Å²) in [5.41, 5.74) is 0. The minimum absolute atomic E-state index is 0.0875. The van der Waals surface area contributed by atoms with Crippen molar-refractivity contribution in [3.63, 3.8) is 0 Å². The second-order valence-corrected chi connectivity index (χ2v) is 10.9. The fourth-order valence-electron chi connectivity index (χ4n) is 4.86. The summed E-state index contributed by atoms with van der Waals surface area (Å²) < 4.78 is 0. The average molecular weight is 526 g/mol. The van der Waals surface area contributed by atoms with Crippen LogP contribution in [-0.2, 0) is 14.4 Å². The molecular formula is C31H59NO5. The first kappa shape index (κ1) is 35.4. The first-order valence-electron chi connectivity index (χ1n) is 15.7. The molecular weight excluding hydrogens is 466 g/mol. The van der Waals surface area contributed by atoms with E-state index in [0.717, 1.165) is 19.3 Å². The number of carboxylic acid groups (broad SMARTS) is 2. The Morgan fingerprint density at radius 3 is 1.14 bits per heavy atom. The molecule has 0 aromatic rings. The third kappa shape index (κ3) is 27.3. The van der Waals surface area contributed by atoms with Crippen LogP contribution in [0.25, 0.3) is 0 Å². The molecule has 0 bridgehead atoms.